The van der Waals surface area contributed by atoms with Gasteiger partial charge in [-0.3, -0.25) is 19.7 Å². The van der Waals surface area contributed by atoms with Crippen LogP contribution >= 0.6 is 15.9 Å². The van der Waals surface area contributed by atoms with Crippen LogP contribution in [0.3, 0.4) is 0 Å². The maximum atomic E-state index is 13.1. The van der Waals surface area contributed by atoms with Gasteiger partial charge >= 0.3 is 6.18 Å². The fraction of sp³-hybridized carbons (Fsp3) is 0.471. The van der Waals surface area contributed by atoms with Gasteiger partial charge in [-0.2, -0.15) is 18.3 Å². The summed E-state index contributed by atoms with van der Waals surface area (Å²) in [5, 5.41) is 3.66. The van der Waals surface area contributed by atoms with Crippen molar-refractivity contribution in [3.05, 3.63) is 49.6 Å². The number of nitrogens with zero attached hydrogens (tertiary/aromatic N) is 3. The molecule has 2 aromatic rings. The van der Waals surface area contributed by atoms with E-state index in [4.69, 9.17) is 0 Å². The van der Waals surface area contributed by atoms with E-state index in [0.717, 1.165) is 23.1 Å². The number of hydrogen-bond acceptors (Lipinski definition) is 3. The largest absolute Gasteiger partial charge is 0.436 e. The predicted molar refractivity (Wildman–Crippen MR) is 96.1 cm³/mol. The van der Waals surface area contributed by atoms with Gasteiger partial charge in [0, 0.05) is 24.1 Å². The van der Waals surface area contributed by atoms with Crippen molar-refractivity contribution >= 4 is 21.8 Å². The molecule has 0 spiro atoms. The molecule has 1 saturated carbocycles. The second-order valence-electron chi connectivity index (χ2n) is 6.68. The van der Waals surface area contributed by atoms with Crippen LogP contribution in [0.1, 0.15) is 47.8 Å². The number of hydrogen-bond donors (Lipinski definition) is 1. The molecule has 1 N–H and O–H groups in total. The standard InChI is InChI=1S/C17H18BrF3N4O2/c1-9-7-10(2)25(13(27)8-9)22-12(26)5-6-24-15(11-3-4-11)14(18)16(23-24)17(19,20)21/h7-8,11H,3-6H2,1-2H3,(H,22,26). The molecule has 1 amide bonds. The zero-order valence-electron chi connectivity index (χ0n) is 14.7. The van der Waals surface area contributed by atoms with Crippen LogP contribution in [-0.4, -0.2) is 20.4 Å². The normalized spacial score (nSPS) is 14.4. The summed E-state index contributed by atoms with van der Waals surface area (Å²) in [5.74, 6) is -0.459. The highest BCUT2D eigenvalue weighted by Gasteiger charge is 2.41. The van der Waals surface area contributed by atoms with Crippen LogP contribution in [-0.2, 0) is 17.5 Å². The second kappa shape index (κ2) is 7.14. The average Bonchev–Trinajstić information content (AvgIpc) is 3.31. The van der Waals surface area contributed by atoms with Gasteiger partial charge in [0.25, 0.3) is 5.56 Å². The molecule has 2 heterocycles. The predicted octanol–water partition coefficient (Wildman–Crippen LogP) is 3.48. The van der Waals surface area contributed by atoms with Gasteiger partial charge in [0.05, 0.1) is 16.7 Å². The Labute approximate surface area is 161 Å². The van der Waals surface area contributed by atoms with Crippen molar-refractivity contribution in [2.24, 2.45) is 0 Å². The lowest BCUT2D eigenvalue weighted by molar-refractivity contribution is -0.142. The van der Waals surface area contributed by atoms with Crippen LogP contribution in [0.5, 0.6) is 0 Å². The van der Waals surface area contributed by atoms with Crippen LogP contribution in [0.4, 0.5) is 13.2 Å². The van der Waals surface area contributed by atoms with Crippen molar-refractivity contribution in [1.82, 2.24) is 14.5 Å². The lowest BCUT2D eigenvalue weighted by Crippen LogP contribution is -2.34. The number of aromatic nitrogens is 3. The third kappa shape index (κ3) is 4.26. The van der Waals surface area contributed by atoms with E-state index in [2.05, 4.69) is 26.5 Å². The van der Waals surface area contributed by atoms with Gasteiger partial charge in [0.2, 0.25) is 5.91 Å². The monoisotopic (exact) mass is 446 g/mol. The number of aryl methyl sites for hydroxylation is 3. The Hall–Kier alpha value is -2.10. The topological polar surface area (TPSA) is 68.9 Å². The van der Waals surface area contributed by atoms with Gasteiger partial charge < -0.3 is 0 Å². The minimum absolute atomic E-state index is 0.00793. The lowest BCUT2D eigenvalue weighted by Gasteiger charge is -2.12. The maximum Gasteiger partial charge on any atom is 0.436 e. The first-order chi connectivity index (χ1) is 12.6. The molecule has 27 heavy (non-hydrogen) atoms. The van der Waals surface area contributed by atoms with E-state index in [0.29, 0.717) is 11.4 Å². The summed E-state index contributed by atoms with van der Waals surface area (Å²) in [4.78, 5) is 24.2. The Morgan fingerprint density at radius 3 is 2.56 bits per heavy atom. The highest BCUT2D eigenvalue weighted by atomic mass is 79.9. The minimum Gasteiger partial charge on any atom is -0.273 e. The number of rotatable bonds is 5. The molecular weight excluding hydrogens is 429 g/mol. The summed E-state index contributed by atoms with van der Waals surface area (Å²) in [7, 11) is 0. The fourth-order valence-electron chi connectivity index (χ4n) is 2.95. The van der Waals surface area contributed by atoms with Gasteiger partial charge in [-0.05, 0) is 54.2 Å². The van der Waals surface area contributed by atoms with Crippen molar-refractivity contribution < 1.29 is 18.0 Å². The number of alkyl halides is 3. The smallest absolute Gasteiger partial charge is 0.273 e. The van der Waals surface area contributed by atoms with Crippen molar-refractivity contribution in [1.29, 1.82) is 0 Å². The number of pyridine rings is 1. The van der Waals surface area contributed by atoms with E-state index in [1.165, 1.54) is 10.7 Å². The highest BCUT2D eigenvalue weighted by molar-refractivity contribution is 9.10. The molecule has 0 unspecified atom stereocenters. The maximum absolute atomic E-state index is 13.1. The van der Waals surface area contributed by atoms with Crippen LogP contribution in [0.15, 0.2) is 21.4 Å². The van der Waals surface area contributed by atoms with Crippen molar-refractivity contribution in [3.63, 3.8) is 0 Å². The molecule has 0 saturated heterocycles. The minimum atomic E-state index is -4.57. The molecule has 1 aliphatic rings. The summed E-state index contributed by atoms with van der Waals surface area (Å²) in [5.41, 5.74) is 2.94. The van der Waals surface area contributed by atoms with E-state index in [9.17, 15) is 22.8 Å². The molecule has 6 nitrogen and oxygen atoms in total. The van der Waals surface area contributed by atoms with Gasteiger partial charge in [-0.1, -0.05) is 0 Å². The first-order valence-corrected chi connectivity index (χ1v) is 9.20. The Morgan fingerprint density at radius 2 is 2.00 bits per heavy atom. The van der Waals surface area contributed by atoms with E-state index in [-0.39, 0.29) is 28.9 Å². The molecule has 3 rings (SSSR count). The Kier molecular flexibility index (Phi) is 5.20. The van der Waals surface area contributed by atoms with Gasteiger partial charge in [0.15, 0.2) is 5.69 Å². The number of halogens is 4. The van der Waals surface area contributed by atoms with E-state index >= 15 is 0 Å². The number of amides is 1. The van der Waals surface area contributed by atoms with Crippen LogP contribution in [0, 0.1) is 13.8 Å². The molecule has 2 aromatic heterocycles. The SMILES string of the molecule is Cc1cc(C)n(NC(=O)CCn2nc(C(F)(F)F)c(Br)c2C2CC2)c(=O)c1. The van der Waals surface area contributed by atoms with Gasteiger partial charge in [-0.25, -0.2) is 4.68 Å². The number of carbonyl (C=O) groups excluding carboxylic acids is 1. The number of nitrogens with one attached hydrogen (secondary N) is 1. The third-order valence-corrected chi connectivity index (χ3v) is 5.09. The second-order valence-corrected chi connectivity index (χ2v) is 7.47. The van der Waals surface area contributed by atoms with Crippen molar-refractivity contribution in [2.75, 3.05) is 5.43 Å². The summed E-state index contributed by atoms with van der Waals surface area (Å²) in [6.45, 7) is 3.44. The number of carbonyl (C=O) groups is 1. The Bertz CT molecular complexity index is 945. The molecule has 146 valence electrons. The molecule has 10 heteroatoms. The summed E-state index contributed by atoms with van der Waals surface area (Å²) in [6, 6.07) is 3.13. The van der Waals surface area contributed by atoms with Crippen molar-refractivity contribution in [2.45, 2.75) is 51.7 Å². The fourth-order valence-corrected chi connectivity index (χ4v) is 3.78. The van der Waals surface area contributed by atoms with Crippen LogP contribution < -0.4 is 11.0 Å². The summed E-state index contributed by atoms with van der Waals surface area (Å²) in [6.07, 6.45) is -3.08. The molecular formula is C17H18BrF3N4O2. The first-order valence-electron chi connectivity index (χ1n) is 8.41. The quantitative estimate of drug-likeness (QED) is 0.764. The van der Waals surface area contributed by atoms with Crippen LogP contribution in [0.25, 0.3) is 0 Å². The van der Waals surface area contributed by atoms with Gasteiger partial charge in [-0.15, -0.1) is 0 Å². The molecule has 1 fully saturated rings. The zero-order valence-corrected chi connectivity index (χ0v) is 16.3. The first kappa shape index (κ1) is 19.7. The van der Waals surface area contributed by atoms with E-state index < -0.39 is 17.8 Å². The zero-order chi connectivity index (χ0) is 19.9. The highest BCUT2D eigenvalue weighted by Crippen LogP contribution is 2.46. The molecule has 0 atom stereocenters. The van der Waals surface area contributed by atoms with E-state index in [1.54, 1.807) is 19.9 Å². The Balaban J connectivity index is 1.75. The summed E-state index contributed by atoms with van der Waals surface area (Å²) < 4.78 is 41.6. The molecule has 0 bridgehead atoms. The molecule has 0 radical (unpaired) electrons. The molecule has 1 aliphatic carbocycles. The third-order valence-electron chi connectivity index (χ3n) is 4.31. The van der Waals surface area contributed by atoms with Crippen molar-refractivity contribution in [3.8, 4) is 0 Å². The molecule has 0 aliphatic heterocycles. The van der Waals surface area contributed by atoms with Gasteiger partial charge in [0.1, 0.15) is 0 Å². The lowest BCUT2D eigenvalue weighted by atomic mass is 10.2. The van der Waals surface area contributed by atoms with Crippen LogP contribution in [0.2, 0.25) is 0 Å². The average molecular weight is 447 g/mol. The van der Waals surface area contributed by atoms with E-state index in [1.807, 2.05) is 0 Å². The molecule has 0 aromatic carbocycles. The Morgan fingerprint density at radius 1 is 1.33 bits per heavy atom. The summed E-state index contributed by atoms with van der Waals surface area (Å²) >= 11 is 3.02.